The van der Waals surface area contributed by atoms with Crippen LogP contribution in [0, 0.1) is 0 Å². The lowest BCUT2D eigenvalue weighted by atomic mass is 10.1. The van der Waals surface area contributed by atoms with Gasteiger partial charge in [0, 0.05) is 11.8 Å². The number of carbonyl (C=O) groups excluding carboxylic acids is 1. The van der Waals surface area contributed by atoms with Gasteiger partial charge in [0.2, 0.25) is 0 Å². The van der Waals surface area contributed by atoms with Crippen molar-refractivity contribution in [2.75, 3.05) is 6.61 Å². The summed E-state index contributed by atoms with van der Waals surface area (Å²) in [6, 6.07) is 13.1. The lowest BCUT2D eigenvalue weighted by Gasteiger charge is -2.02. The molecule has 1 heterocycles. The minimum Gasteiger partial charge on any atom is -0.490 e. The molecule has 2 aromatic rings. The Balaban J connectivity index is 1.73. The Bertz CT molecular complexity index is 732. The highest BCUT2D eigenvalue weighted by atomic mass is 16.5. The van der Waals surface area contributed by atoms with Gasteiger partial charge in [-0.2, -0.15) is 0 Å². The predicted octanol–water partition coefficient (Wildman–Crippen LogP) is 3.67. The van der Waals surface area contributed by atoms with E-state index >= 15 is 0 Å². The fraction of sp³-hybridized carbons (Fsp3) is 0.111. The van der Waals surface area contributed by atoms with Crippen molar-refractivity contribution < 1.29 is 14.3 Å². The topological polar surface area (TPSA) is 47.9 Å². The molecule has 0 unspecified atom stereocenters. The lowest BCUT2D eigenvalue weighted by molar-refractivity contribution is 0.0535. The highest BCUT2D eigenvalue weighted by molar-refractivity contribution is 5.94. The maximum absolute atomic E-state index is 11.5. The van der Waals surface area contributed by atoms with E-state index < -0.39 is 0 Å². The van der Waals surface area contributed by atoms with E-state index in [0.29, 0.717) is 18.8 Å². The van der Waals surface area contributed by atoms with Gasteiger partial charge in [-0.05, 0) is 42.0 Å². The number of rotatable bonds is 5. The molecule has 0 radical (unpaired) electrons. The summed E-state index contributed by atoms with van der Waals surface area (Å²) in [5.41, 5.74) is 3.19. The number of hydrogen-bond donors (Lipinski definition) is 0. The maximum Gasteiger partial charge on any atom is 0.338 e. The minimum absolute atomic E-state index is 0.282. The molecule has 22 heavy (non-hydrogen) atoms. The Morgan fingerprint density at radius 3 is 2.82 bits per heavy atom. The highest BCUT2D eigenvalue weighted by Crippen LogP contribution is 2.24. The number of benzene rings is 2. The molecule has 110 valence electrons. The third-order valence-corrected chi connectivity index (χ3v) is 3.28. The van der Waals surface area contributed by atoms with Gasteiger partial charge in [0.1, 0.15) is 19.0 Å². The Hall–Kier alpha value is -2.88. The standard InChI is InChI=1S/C18H15NO3/c1-2-9-21-16-7-3-13(4-8-16)11-19-15-6-5-14-12-22-18(20)17(14)10-15/h2-8,10-11H,1,9,12H2. The van der Waals surface area contributed by atoms with Crippen molar-refractivity contribution in [3.05, 3.63) is 71.8 Å². The Morgan fingerprint density at radius 2 is 2.05 bits per heavy atom. The fourth-order valence-corrected chi connectivity index (χ4v) is 2.14. The average Bonchev–Trinajstić information content (AvgIpc) is 2.93. The number of esters is 1. The molecule has 0 aliphatic carbocycles. The second kappa shape index (κ2) is 6.26. The Morgan fingerprint density at radius 1 is 1.23 bits per heavy atom. The number of carbonyl (C=O) groups is 1. The predicted molar refractivity (Wildman–Crippen MR) is 84.9 cm³/mol. The van der Waals surface area contributed by atoms with Crippen LogP contribution in [0.15, 0.2) is 60.1 Å². The van der Waals surface area contributed by atoms with Crippen molar-refractivity contribution in [3.8, 4) is 5.75 Å². The van der Waals surface area contributed by atoms with E-state index in [9.17, 15) is 4.79 Å². The molecule has 1 aliphatic rings. The van der Waals surface area contributed by atoms with Crippen LogP contribution in [0.4, 0.5) is 5.69 Å². The van der Waals surface area contributed by atoms with Gasteiger partial charge >= 0.3 is 5.97 Å². The minimum atomic E-state index is -0.282. The smallest absolute Gasteiger partial charge is 0.338 e. The molecule has 0 saturated carbocycles. The molecular weight excluding hydrogens is 278 g/mol. The first-order chi connectivity index (χ1) is 10.8. The number of hydrogen-bond acceptors (Lipinski definition) is 4. The first kappa shape index (κ1) is 14.1. The zero-order chi connectivity index (χ0) is 15.4. The average molecular weight is 293 g/mol. The molecule has 0 amide bonds. The Labute approximate surface area is 128 Å². The van der Waals surface area contributed by atoms with E-state index in [1.165, 1.54) is 0 Å². The van der Waals surface area contributed by atoms with Gasteiger partial charge in [-0.1, -0.05) is 18.7 Å². The van der Waals surface area contributed by atoms with Crippen LogP contribution in [-0.4, -0.2) is 18.8 Å². The molecule has 1 aliphatic heterocycles. The first-order valence-corrected chi connectivity index (χ1v) is 6.94. The second-order valence-corrected chi connectivity index (χ2v) is 4.84. The summed E-state index contributed by atoms with van der Waals surface area (Å²) in [7, 11) is 0. The van der Waals surface area contributed by atoms with Crippen molar-refractivity contribution in [2.24, 2.45) is 4.99 Å². The van der Waals surface area contributed by atoms with Gasteiger partial charge in [0.15, 0.2) is 0 Å². The van der Waals surface area contributed by atoms with Crippen molar-refractivity contribution in [1.29, 1.82) is 0 Å². The molecule has 0 bridgehead atoms. The summed E-state index contributed by atoms with van der Waals surface area (Å²) < 4.78 is 10.4. The number of aliphatic imine (C=N–C) groups is 1. The van der Waals surface area contributed by atoms with E-state index in [0.717, 1.165) is 22.6 Å². The van der Waals surface area contributed by atoms with Crippen LogP contribution in [0.3, 0.4) is 0 Å². The molecule has 2 aromatic carbocycles. The van der Waals surface area contributed by atoms with Crippen LogP contribution in [0.2, 0.25) is 0 Å². The second-order valence-electron chi connectivity index (χ2n) is 4.84. The van der Waals surface area contributed by atoms with Gasteiger partial charge in [0.05, 0.1) is 11.3 Å². The molecule has 0 N–H and O–H groups in total. The van der Waals surface area contributed by atoms with Gasteiger partial charge in [-0.15, -0.1) is 0 Å². The highest BCUT2D eigenvalue weighted by Gasteiger charge is 2.20. The van der Waals surface area contributed by atoms with E-state index in [1.807, 2.05) is 36.4 Å². The number of nitrogens with zero attached hydrogens (tertiary/aromatic N) is 1. The first-order valence-electron chi connectivity index (χ1n) is 6.94. The van der Waals surface area contributed by atoms with E-state index in [2.05, 4.69) is 11.6 Å². The molecule has 0 atom stereocenters. The summed E-state index contributed by atoms with van der Waals surface area (Å²) in [6.45, 7) is 4.44. The summed E-state index contributed by atoms with van der Waals surface area (Å²) in [6.07, 6.45) is 3.45. The van der Waals surface area contributed by atoms with Crippen molar-refractivity contribution in [2.45, 2.75) is 6.61 Å². The van der Waals surface area contributed by atoms with Gasteiger partial charge in [-0.3, -0.25) is 4.99 Å². The van der Waals surface area contributed by atoms with Crippen LogP contribution < -0.4 is 4.74 Å². The summed E-state index contributed by atoms with van der Waals surface area (Å²) in [5, 5.41) is 0. The van der Waals surface area contributed by atoms with Crippen molar-refractivity contribution in [1.82, 2.24) is 0 Å². The van der Waals surface area contributed by atoms with E-state index in [-0.39, 0.29) is 5.97 Å². The van der Waals surface area contributed by atoms with Crippen LogP contribution in [0.5, 0.6) is 5.75 Å². The number of cyclic esters (lactones) is 1. The third kappa shape index (κ3) is 3.06. The van der Waals surface area contributed by atoms with Crippen molar-refractivity contribution in [3.63, 3.8) is 0 Å². The molecule has 0 aromatic heterocycles. The molecule has 4 nitrogen and oxygen atoms in total. The molecule has 0 spiro atoms. The van der Waals surface area contributed by atoms with Crippen LogP contribution in [-0.2, 0) is 11.3 Å². The molecular formula is C18H15NO3. The fourth-order valence-electron chi connectivity index (χ4n) is 2.14. The zero-order valence-electron chi connectivity index (χ0n) is 12.0. The van der Waals surface area contributed by atoms with Gasteiger partial charge < -0.3 is 9.47 Å². The third-order valence-electron chi connectivity index (χ3n) is 3.28. The SMILES string of the molecule is C=CCOc1ccc(C=Nc2ccc3c(c2)C(=O)OC3)cc1. The summed E-state index contributed by atoms with van der Waals surface area (Å²) in [4.78, 5) is 15.9. The maximum atomic E-state index is 11.5. The quantitative estimate of drug-likeness (QED) is 0.480. The largest absolute Gasteiger partial charge is 0.490 e. The molecule has 0 fully saturated rings. The summed E-state index contributed by atoms with van der Waals surface area (Å²) >= 11 is 0. The normalized spacial score (nSPS) is 13.0. The van der Waals surface area contributed by atoms with E-state index in [4.69, 9.17) is 9.47 Å². The summed E-state index contributed by atoms with van der Waals surface area (Å²) in [5.74, 6) is 0.507. The lowest BCUT2D eigenvalue weighted by Crippen LogP contribution is -1.93. The van der Waals surface area contributed by atoms with Crippen LogP contribution in [0.1, 0.15) is 21.5 Å². The molecule has 4 heteroatoms. The van der Waals surface area contributed by atoms with Gasteiger partial charge in [0.25, 0.3) is 0 Å². The molecule has 0 saturated heterocycles. The number of ether oxygens (including phenoxy) is 2. The van der Waals surface area contributed by atoms with Crippen LogP contribution >= 0.6 is 0 Å². The van der Waals surface area contributed by atoms with Crippen molar-refractivity contribution >= 4 is 17.9 Å². The van der Waals surface area contributed by atoms with E-state index in [1.54, 1.807) is 18.4 Å². The number of fused-ring (bicyclic) bond motifs is 1. The monoisotopic (exact) mass is 293 g/mol. The Kier molecular flexibility index (Phi) is 4.01. The van der Waals surface area contributed by atoms with Crippen LogP contribution in [0.25, 0.3) is 0 Å². The molecule has 3 rings (SSSR count). The zero-order valence-corrected chi connectivity index (χ0v) is 12.0. The van der Waals surface area contributed by atoms with Gasteiger partial charge in [-0.25, -0.2) is 4.79 Å².